The molecule has 1 atom stereocenters. The first-order chi connectivity index (χ1) is 8.24. The van der Waals surface area contributed by atoms with E-state index in [0.29, 0.717) is 25.6 Å². The Morgan fingerprint density at radius 2 is 2.06 bits per heavy atom. The summed E-state index contributed by atoms with van der Waals surface area (Å²) in [6, 6.07) is 0.557. The fourth-order valence-electron chi connectivity index (χ4n) is 1.67. The molecule has 0 aromatic heterocycles. The fraction of sp³-hybridized carbons (Fsp3) is 0.923. The van der Waals surface area contributed by atoms with E-state index in [4.69, 9.17) is 4.74 Å². The first-order valence-corrected chi connectivity index (χ1v) is 6.73. The number of hydrogen-bond donors (Lipinski definition) is 2. The van der Waals surface area contributed by atoms with E-state index in [9.17, 15) is 4.79 Å². The van der Waals surface area contributed by atoms with Gasteiger partial charge in [-0.25, -0.2) is 0 Å². The molecule has 0 heterocycles. The van der Waals surface area contributed by atoms with Crippen LogP contribution in [0.25, 0.3) is 0 Å². The minimum Gasteiger partial charge on any atom is -0.383 e. The molecule has 4 heteroatoms. The van der Waals surface area contributed by atoms with E-state index in [-0.39, 0.29) is 5.91 Å². The van der Waals surface area contributed by atoms with Crippen LogP contribution in [-0.4, -0.2) is 38.8 Å². The molecular formula is C13H28N2O2. The topological polar surface area (TPSA) is 50.4 Å². The maximum atomic E-state index is 11.4. The van der Waals surface area contributed by atoms with Crippen molar-refractivity contribution in [2.45, 2.75) is 52.0 Å². The lowest BCUT2D eigenvalue weighted by Crippen LogP contribution is -2.34. The molecule has 1 unspecified atom stereocenters. The van der Waals surface area contributed by atoms with Crippen LogP contribution in [0.4, 0.5) is 0 Å². The molecule has 0 saturated carbocycles. The molecule has 0 aliphatic heterocycles. The fourth-order valence-corrected chi connectivity index (χ4v) is 1.67. The third kappa shape index (κ3) is 10.3. The number of carbonyl (C=O) groups excluding carboxylic acids is 1. The van der Waals surface area contributed by atoms with Crippen LogP contribution in [0.1, 0.15) is 46.0 Å². The monoisotopic (exact) mass is 244 g/mol. The van der Waals surface area contributed by atoms with Gasteiger partial charge >= 0.3 is 0 Å². The van der Waals surface area contributed by atoms with Gasteiger partial charge in [-0.3, -0.25) is 4.79 Å². The van der Waals surface area contributed by atoms with Gasteiger partial charge in [-0.1, -0.05) is 26.7 Å². The van der Waals surface area contributed by atoms with Crippen LogP contribution in [0.2, 0.25) is 0 Å². The number of rotatable bonds is 11. The number of carbonyl (C=O) groups is 1. The maximum Gasteiger partial charge on any atom is 0.221 e. The summed E-state index contributed by atoms with van der Waals surface area (Å²) >= 11 is 0. The van der Waals surface area contributed by atoms with Gasteiger partial charge in [0.25, 0.3) is 0 Å². The van der Waals surface area contributed by atoms with E-state index in [2.05, 4.69) is 24.5 Å². The number of hydrogen-bond acceptors (Lipinski definition) is 3. The van der Waals surface area contributed by atoms with E-state index in [1.54, 1.807) is 7.11 Å². The Labute approximate surface area is 105 Å². The second-order valence-corrected chi connectivity index (χ2v) is 4.29. The zero-order valence-corrected chi connectivity index (χ0v) is 11.6. The number of amides is 1. The van der Waals surface area contributed by atoms with Crippen LogP contribution in [0.3, 0.4) is 0 Å². The zero-order valence-electron chi connectivity index (χ0n) is 11.6. The normalized spacial score (nSPS) is 12.4. The highest BCUT2D eigenvalue weighted by molar-refractivity contribution is 5.76. The van der Waals surface area contributed by atoms with Gasteiger partial charge in [0.05, 0.1) is 6.61 Å². The molecule has 102 valence electrons. The van der Waals surface area contributed by atoms with Crippen molar-refractivity contribution in [1.29, 1.82) is 0 Å². The van der Waals surface area contributed by atoms with Crippen molar-refractivity contribution in [2.24, 2.45) is 0 Å². The Bertz CT molecular complexity index is 186. The zero-order chi connectivity index (χ0) is 12.9. The highest BCUT2D eigenvalue weighted by Gasteiger charge is 2.06. The SMILES string of the molecule is CCCCC(CC)NCCC(=O)NCCOC. The molecule has 0 bridgehead atoms. The average Bonchev–Trinajstić information content (AvgIpc) is 2.34. The summed E-state index contributed by atoms with van der Waals surface area (Å²) in [6.45, 7) is 6.33. The van der Waals surface area contributed by atoms with Crippen molar-refractivity contribution >= 4 is 5.91 Å². The van der Waals surface area contributed by atoms with Crippen molar-refractivity contribution in [3.05, 3.63) is 0 Å². The number of ether oxygens (including phenoxy) is 1. The Hall–Kier alpha value is -0.610. The summed E-state index contributed by atoms with van der Waals surface area (Å²) in [7, 11) is 1.63. The van der Waals surface area contributed by atoms with E-state index in [0.717, 1.165) is 13.0 Å². The molecule has 0 rings (SSSR count). The first kappa shape index (κ1) is 16.4. The molecule has 0 fully saturated rings. The summed E-state index contributed by atoms with van der Waals surface area (Å²) in [6.07, 6.45) is 5.37. The van der Waals surface area contributed by atoms with Gasteiger partial charge < -0.3 is 15.4 Å². The van der Waals surface area contributed by atoms with E-state index >= 15 is 0 Å². The van der Waals surface area contributed by atoms with Gasteiger partial charge in [-0.05, 0) is 12.8 Å². The van der Waals surface area contributed by atoms with E-state index < -0.39 is 0 Å². The number of nitrogens with one attached hydrogen (secondary N) is 2. The van der Waals surface area contributed by atoms with Crippen molar-refractivity contribution in [3.8, 4) is 0 Å². The third-order valence-corrected chi connectivity index (χ3v) is 2.81. The molecular weight excluding hydrogens is 216 g/mol. The van der Waals surface area contributed by atoms with Gasteiger partial charge in [0.15, 0.2) is 0 Å². The summed E-state index contributed by atoms with van der Waals surface area (Å²) in [5.41, 5.74) is 0. The Morgan fingerprint density at radius 1 is 1.29 bits per heavy atom. The Morgan fingerprint density at radius 3 is 2.65 bits per heavy atom. The summed E-state index contributed by atoms with van der Waals surface area (Å²) in [4.78, 5) is 11.4. The summed E-state index contributed by atoms with van der Waals surface area (Å²) in [5.74, 6) is 0.0971. The molecule has 17 heavy (non-hydrogen) atoms. The molecule has 0 radical (unpaired) electrons. The quantitative estimate of drug-likeness (QED) is 0.544. The summed E-state index contributed by atoms with van der Waals surface area (Å²) in [5, 5.41) is 6.25. The van der Waals surface area contributed by atoms with Crippen molar-refractivity contribution in [2.75, 3.05) is 26.8 Å². The van der Waals surface area contributed by atoms with Gasteiger partial charge in [-0.15, -0.1) is 0 Å². The van der Waals surface area contributed by atoms with Gasteiger partial charge in [0.2, 0.25) is 5.91 Å². The van der Waals surface area contributed by atoms with E-state index in [1.807, 2.05) is 0 Å². The van der Waals surface area contributed by atoms with Crippen molar-refractivity contribution in [1.82, 2.24) is 10.6 Å². The minimum atomic E-state index is 0.0971. The molecule has 2 N–H and O–H groups in total. The minimum absolute atomic E-state index is 0.0971. The predicted molar refractivity (Wildman–Crippen MR) is 71.1 cm³/mol. The number of unbranched alkanes of at least 4 members (excludes halogenated alkanes) is 1. The Kier molecular flexibility index (Phi) is 11.4. The van der Waals surface area contributed by atoms with Gasteiger partial charge in [0.1, 0.15) is 0 Å². The van der Waals surface area contributed by atoms with Gasteiger partial charge in [-0.2, -0.15) is 0 Å². The van der Waals surface area contributed by atoms with Crippen LogP contribution in [0, 0.1) is 0 Å². The molecule has 0 saturated heterocycles. The molecule has 4 nitrogen and oxygen atoms in total. The second kappa shape index (κ2) is 11.9. The molecule has 0 aromatic rings. The van der Waals surface area contributed by atoms with E-state index in [1.165, 1.54) is 19.3 Å². The first-order valence-electron chi connectivity index (χ1n) is 6.73. The van der Waals surface area contributed by atoms with Crippen molar-refractivity contribution in [3.63, 3.8) is 0 Å². The summed E-state index contributed by atoms with van der Waals surface area (Å²) < 4.78 is 4.87. The van der Waals surface area contributed by atoms with Crippen LogP contribution in [0.15, 0.2) is 0 Å². The smallest absolute Gasteiger partial charge is 0.221 e. The molecule has 1 amide bonds. The lowest BCUT2D eigenvalue weighted by Gasteiger charge is -2.16. The standard InChI is InChI=1S/C13H28N2O2/c1-4-6-7-12(5-2)14-9-8-13(16)15-10-11-17-3/h12,14H,4-11H2,1-3H3,(H,15,16). The maximum absolute atomic E-state index is 11.4. The van der Waals surface area contributed by atoms with Crippen LogP contribution < -0.4 is 10.6 Å². The molecule has 0 spiro atoms. The molecule has 0 aliphatic carbocycles. The highest BCUT2D eigenvalue weighted by atomic mass is 16.5. The van der Waals surface area contributed by atoms with Crippen LogP contribution >= 0.6 is 0 Å². The predicted octanol–water partition coefficient (Wildman–Crippen LogP) is 1.70. The van der Waals surface area contributed by atoms with Crippen LogP contribution in [0.5, 0.6) is 0 Å². The lowest BCUT2D eigenvalue weighted by molar-refractivity contribution is -0.121. The Balaban J connectivity index is 3.48. The third-order valence-electron chi connectivity index (χ3n) is 2.81. The second-order valence-electron chi connectivity index (χ2n) is 4.29. The van der Waals surface area contributed by atoms with Crippen molar-refractivity contribution < 1.29 is 9.53 Å². The largest absolute Gasteiger partial charge is 0.383 e. The molecule has 0 aromatic carbocycles. The molecule has 0 aliphatic rings. The van der Waals surface area contributed by atoms with Crippen LogP contribution in [-0.2, 0) is 9.53 Å². The average molecular weight is 244 g/mol. The highest BCUT2D eigenvalue weighted by Crippen LogP contribution is 2.03. The number of methoxy groups -OCH3 is 1. The lowest BCUT2D eigenvalue weighted by atomic mass is 10.1. The van der Waals surface area contributed by atoms with Gasteiger partial charge in [0, 0.05) is 32.7 Å².